The number of piperazine rings is 1. The molecule has 2 aromatic rings. The Hall–Kier alpha value is -1.89. The quantitative estimate of drug-likeness (QED) is 0.929. The topological polar surface area (TPSA) is 65.1 Å². The highest BCUT2D eigenvalue weighted by Gasteiger charge is 2.20. The first-order chi connectivity index (χ1) is 10.2. The number of aromatic amines is 1. The number of hydrogen-bond donors (Lipinski definition) is 1. The molecule has 0 saturated carbocycles. The molecule has 0 amide bonds. The average Bonchev–Trinajstić information content (AvgIpc) is 2.95. The molecule has 112 valence electrons. The van der Waals surface area contributed by atoms with Crippen LogP contribution in [-0.4, -0.2) is 41.1 Å². The number of aryl methyl sites for hydroxylation is 2. The minimum absolute atomic E-state index is 0.0903. The summed E-state index contributed by atoms with van der Waals surface area (Å²) in [5, 5.41) is 1.10. The van der Waals surface area contributed by atoms with Crippen LogP contribution in [0.4, 0.5) is 10.9 Å². The van der Waals surface area contributed by atoms with Crippen molar-refractivity contribution in [3.8, 4) is 0 Å². The second kappa shape index (κ2) is 5.85. The average molecular weight is 305 g/mol. The lowest BCUT2D eigenvalue weighted by Gasteiger charge is -2.35. The Morgan fingerprint density at radius 2 is 2.00 bits per heavy atom. The lowest BCUT2D eigenvalue weighted by atomic mass is 10.3. The van der Waals surface area contributed by atoms with Crippen molar-refractivity contribution in [2.45, 2.75) is 20.3 Å². The van der Waals surface area contributed by atoms with Crippen molar-refractivity contribution in [1.82, 2.24) is 15.0 Å². The van der Waals surface area contributed by atoms with Crippen molar-refractivity contribution in [2.24, 2.45) is 0 Å². The molecule has 3 heterocycles. The molecule has 0 atom stereocenters. The number of nitrogens with one attached hydrogen (secondary N) is 1. The molecule has 1 N–H and O–H groups in total. The van der Waals surface area contributed by atoms with Crippen LogP contribution in [-0.2, 0) is 6.42 Å². The van der Waals surface area contributed by atoms with Crippen LogP contribution in [0.5, 0.6) is 0 Å². The van der Waals surface area contributed by atoms with Crippen molar-refractivity contribution in [3.05, 3.63) is 33.3 Å². The third-order valence-corrected chi connectivity index (χ3v) is 4.81. The van der Waals surface area contributed by atoms with E-state index in [1.165, 1.54) is 4.88 Å². The van der Waals surface area contributed by atoms with Crippen molar-refractivity contribution < 1.29 is 0 Å². The first kappa shape index (κ1) is 14.1. The fourth-order valence-corrected chi connectivity index (χ4v) is 3.36. The van der Waals surface area contributed by atoms with E-state index in [9.17, 15) is 4.79 Å². The molecule has 1 fully saturated rings. The van der Waals surface area contributed by atoms with Crippen LogP contribution in [0.2, 0.25) is 0 Å². The van der Waals surface area contributed by atoms with Crippen molar-refractivity contribution in [1.29, 1.82) is 0 Å². The predicted molar refractivity (Wildman–Crippen MR) is 85.5 cm³/mol. The van der Waals surface area contributed by atoms with E-state index >= 15 is 0 Å². The smallest absolute Gasteiger partial charge is 0.252 e. The highest BCUT2D eigenvalue weighted by molar-refractivity contribution is 7.15. The van der Waals surface area contributed by atoms with Gasteiger partial charge in [0.05, 0.1) is 0 Å². The first-order valence-corrected chi connectivity index (χ1v) is 8.00. The Labute approximate surface area is 127 Å². The van der Waals surface area contributed by atoms with Gasteiger partial charge in [-0.25, -0.2) is 9.97 Å². The van der Waals surface area contributed by atoms with Gasteiger partial charge in [0.15, 0.2) is 5.13 Å². The zero-order valence-electron chi connectivity index (χ0n) is 12.3. The normalized spacial score (nSPS) is 15.5. The zero-order chi connectivity index (χ0) is 14.8. The molecule has 1 aliphatic rings. The fourth-order valence-electron chi connectivity index (χ4n) is 2.46. The summed E-state index contributed by atoms with van der Waals surface area (Å²) >= 11 is 1.77. The molecular weight excluding hydrogens is 286 g/mol. The second-order valence-corrected chi connectivity index (χ2v) is 6.22. The third-order valence-electron chi connectivity index (χ3n) is 3.61. The molecule has 0 aliphatic carbocycles. The number of aromatic nitrogens is 3. The largest absolute Gasteiger partial charge is 0.353 e. The maximum absolute atomic E-state index is 11.5. The molecule has 0 unspecified atom stereocenters. The second-order valence-electron chi connectivity index (χ2n) is 5.13. The SMILES string of the molecule is CCc1cnc(N2CCN(c3cc(=O)[nH]c(C)n3)CC2)s1. The number of thiazole rings is 1. The number of nitrogens with zero attached hydrogens (tertiary/aromatic N) is 4. The summed E-state index contributed by atoms with van der Waals surface area (Å²) in [4.78, 5) is 28.9. The monoisotopic (exact) mass is 305 g/mol. The van der Waals surface area contributed by atoms with Gasteiger partial charge < -0.3 is 14.8 Å². The summed E-state index contributed by atoms with van der Waals surface area (Å²) in [6.07, 6.45) is 3.00. The highest BCUT2D eigenvalue weighted by Crippen LogP contribution is 2.24. The van der Waals surface area contributed by atoms with Crippen molar-refractivity contribution in [3.63, 3.8) is 0 Å². The standard InChI is InChI=1S/C14H19N5OS/c1-3-11-9-15-14(21-11)19-6-4-18(5-7-19)12-8-13(20)17-10(2)16-12/h8-9H,3-7H2,1-2H3,(H,16,17,20). The van der Waals surface area contributed by atoms with Crippen molar-refractivity contribution in [2.75, 3.05) is 36.0 Å². The Bertz CT molecular complexity index is 672. The van der Waals surface area contributed by atoms with Crippen LogP contribution in [0.25, 0.3) is 0 Å². The van der Waals surface area contributed by atoms with Gasteiger partial charge in [-0.1, -0.05) is 6.92 Å². The molecule has 7 heteroatoms. The molecule has 2 aromatic heterocycles. The number of hydrogen-bond acceptors (Lipinski definition) is 6. The third kappa shape index (κ3) is 3.07. The van der Waals surface area contributed by atoms with E-state index in [0.29, 0.717) is 5.82 Å². The van der Waals surface area contributed by atoms with E-state index in [1.807, 2.05) is 13.1 Å². The van der Waals surface area contributed by atoms with Crippen LogP contribution in [0.3, 0.4) is 0 Å². The van der Waals surface area contributed by atoms with E-state index < -0.39 is 0 Å². The zero-order valence-corrected chi connectivity index (χ0v) is 13.1. The lowest BCUT2D eigenvalue weighted by molar-refractivity contribution is 0.644. The van der Waals surface area contributed by atoms with Gasteiger partial charge in [-0.3, -0.25) is 4.79 Å². The number of rotatable bonds is 3. The predicted octanol–water partition coefficient (Wildman–Crippen LogP) is 1.42. The molecule has 0 aromatic carbocycles. The molecule has 0 radical (unpaired) electrons. The van der Waals surface area contributed by atoms with Crippen molar-refractivity contribution >= 4 is 22.3 Å². The fraction of sp³-hybridized carbons (Fsp3) is 0.500. The first-order valence-electron chi connectivity index (χ1n) is 7.18. The summed E-state index contributed by atoms with van der Waals surface area (Å²) < 4.78 is 0. The molecule has 0 spiro atoms. The van der Waals surface area contributed by atoms with Gasteiger partial charge in [-0.15, -0.1) is 11.3 Å². The van der Waals surface area contributed by atoms with Gasteiger partial charge in [0.2, 0.25) is 0 Å². The van der Waals surface area contributed by atoms with Gasteiger partial charge in [0, 0.05) is 43.3 Å². The molecule has 3 rings (SSSR count). The van der Waals surface area contributed by atoms with Crippen LogP contribution in [0, 0.1) is 6.92 Å². The Morgan fingerprint density at radius 1 is 1.29 bits per heavy atom. The minimum Gasteiger partial charge on any atom is -0.353 e. The molecule has 1 aliphatic heterocycles. The molecular formula is C14H19N5OS. The maximum atomic E-state index is 11.5. The van der Waals surface area contributed by atoms with Gasteiger partial charge in [-0.05, 0) is 13.3 Å². The minimum atomic E-state index is -0.0903. The summed E-state index contributed by atoms with van der Waals surface area (Å²) in [6, 6.07) is 1.57. The summed E-state index contributed by atoms with van der Waals surface area (Å²) in [5.74, 6) is 1.43. The summed E-state index contributed by atoms with van der Waals surface area (Å²) in [6.45, 7) is 7.49. The number of anilines is 2. The van der Waals surface area contributed by atoms with Gasteiger partial charge in [-0.2, -0.15) is 0 Å². The van der Waals surface area contributed by atoms with Crippen LogP contribution in [0.15, 0.2) is 17.1 Å². The van der Waals surface area contributed by atoms with Gasteiger partial charge in [0.25, 0.3) is 5.56 Å². The summed E-state index contributed by atoms with van der Waals surface area (Å²) in [7, 11) is 0. The Morgan fingerprint density at radius 3 is 2.62 bits per heavy atom. The van der Waals surface area contributed by atoms with Crippen LogP contribution in [0.1, 0.15) is 17.6 Å². The molecule has 0 bridgehead atoms. The van der Waals surface area contributed by atoms with Crippen LogP contribution >= 0.6 is 11.3 Å². The van der Waals surface area contributed by atoms with E-state index in [2.05, 4.69) is 31.7 Å². The summed E-state index contributed by atoms with van der Waals surface area (Å²) in [5.41, 5.74) is -0.0903. The van der Waals surface area contributed by atoms with E-state index in [0.717, 1.165) is 43.5 Å². The van der Waals surface area contributed by atoms with Crippen LogP contribution < -0.4 is 15.4 Å². The molecule has 6 nitrogen and oxygen atoms in total. The maximum Gasteiger partial charge on any atom is 0.252 e. The Kier molecular flexibility index (Phi) is 3.92. The Balaban J connectivity index is 1.68. The molecule has 1 saturated heterocycles. The van der Waals surface area contributed by atoms with E-state index in [1.54, 1.807) is 17.4 Å². The lowest BCUT2D eigenvalue weighted by Crippen LogP contribution is -2.47. The van der Waals surface area contributed by atoms with E-state index in [-0.39, 0.29) is 5.56 Å². The highest BCUT2D eigenvalue weighted by atomic mass is 32.1. The number of H-pyrrole nitrogens is 1. The van der Waals surface area contributed by atoms with E-state index in [4.69, 9.17) is 0 Å². The van der Waals surface area contributed by atoms with Gasteiger partial charge >= 0.3 is 0 Å². The van der Waals surface area contributed by atoms with Gasteiger partial charge in [0.1, 0.15) is 11.6 Å². The molecule has 21 heavy (non-hydrogen) atoms.